The SMILES string of the molecule is CCOC(=O)Cn1c(=NC(=O)c2ccc(C(F)(F)F)cc2)sc2cc(C)c(C)cc21. The molecule has 0 aliphatic heterocycles. The van der Waals surface area contributed by atoms with Crippen LogP contribution >= 0.6 is 11.3 Å². The first-order chi connectivity index (χ1) is 14.1. The van der Waals surface area contributed by atoms with Crippen molar-refractivity contribution < 1.29 is 27.5 Å². The number of rotatable bonds is 4. The van der Waals surface area contributed by atoms with Gasteiger partial charge in [0.1, 0.15) is 6.54 Å². The van der Waals surface area contributed by atoms with E-state index < -0.39 is 23.6 Å². The smallest absolute Gasteiger partial charge is 0.416 e. The Morgan fingerprint density at radius 2 is 1.73 bits per heavy atom. The van der Waals surface area contributed by atoms with Crippen molar-refractivity contribution in [3.05, 3.63) is 63.5 Å². The maximum atomic E-state index is 12.7. The van der Waals surface area contributed by atoms with Crippen molar-refractivity contribution in [3.8, 4) is 0 Å². The average molecular weight is 436 g/mol. The molecule has 3 rings (SSSR count). The number of thiazole rings is 1. The zero-order valence-electron chi connectivity index (χ0n) is 16.5. The van der Waals surface area contributed by atoms with Gasteiger partial charge in [-0.25, -0.2) is 0 Å². The summed E-state index contributed by atoms with van der Waals surface area (Å²) in [4.78, 5) is 29.0. The lowest BCUT2D eigenvalue weighted by atomic mass is 10.1. The highest BCUT2D eigenvalue weighted by molar-refractivity contribution is 7.16. The van der Waals surface area contributed by atoms with E-state index >= 15 is 0 Å². The third-order valence-corrected chi connectivity index (χ3v) is 5.59. The van der Waals surface area contributed by atoms with Gasteiger partial charge in [0.2, 0.25) is 0 Å². The van der Waals surface area contributed by atoms with Gasteiger partial charge in [0.05, 0.1) is 22.4 Å². The molecule has 1 heterocycles. The van der Waals surface area contributed by atoms with Gasteiger partial charge in [-0.15, -0.1) is 0 Å². The summed E-state index contributed by atoms with van der Waals surface area (Å²) >= 11 is 1.22. The predicted octanol–water partition coefficient (Wildman–Crippen LogP) is 4.64. The Kier molecular flexibility index (Phi) is 6.12. The summed E-state index contributed by atoms with van der Waals surface area (Å²) < 4.78 is 45.6. The summed E-state index contributed by atoms with van der Waals surface area (Å²) in [6.45, 7) is 5.67. The van der Waals surface area contributed by atoms with Crippen molar-refractivity contribution in [1.29, 1.82) is 0 Å². The number of nitrogens with zero attached hydrogens (tertiary/aromatic N) is 2. The second kappa shape index (κ2) is 8.43. The van der Waals surface area contributed by atoms with Crippen LogP contribution < -0.4 is 4.80 Å². The zero-order valence-corrected chi connectivity index (χ0v) is 17.4. The number of hydrogen-bond acceptors (Lipinski definition) is 4. The van der Waals surface area contributed by atoms with Crippen LogP contribution in [0.1, 0.15) is 34.0 Å². The highest BCUT2D eigenvalue weighted by Gasteiger charge is 2.30. The summed E-state index contributed by atoms with van der Waals surface area (Å²) in [5.41, 5.74) is 1.97. The Labute approximate surface area is 174 Å². The van der Waals surface area contributed by atoms with Gasteiger partial charge in [-0.05, 0) is 68.3 Å². The molecule has 0 unspecified atom stereocenters. The van der Waals surface area contributed by atoms with E-state index in [2.05, 4.69) is 4.99 Å². The van der Waals surface area contributed by atoms with Crippen LogP contribution in [0.25, 0.3) is 10.2 Å². The second-order valence-corrected chi connectivity index (χ2v) is 7.68. The van der Waals surface area contributed by atoms with Crippen molar-refractivity contribution in [2.24, 2.45) is 4.99 Å². The monoisotopic (exact) mass is 436 g/mol. The van der Waals surface area contributed by atoms with E-state index in [1.165, 1.54) is 11.3 Å². The van der Waals surface area contributed by atoms with E-state index in [0.717, 1.165) is 45.6 Å². The van der Waals surface area contributed by atoms with E-state index in [1.807, 2.05) is 26.0 Å². The minimum absolute atomic E-state index is 0.0236. The molecule has 0 atom stereocenters. The van der Waals surface area contributed by atoms with E-state index in [9.17, 15) is 22.8 Å². The molecule has 0 N–H and O–H groups in total. The zero-order chi connectivity index (χ0) is 22.1. The quantitative estimate of drug-likeness (QED) is 0.560. The molecule has 5 nitrogen and oxygen atoms in total. The molecule has 0 radical (unpaired) electrons. The number of alkyl halides is 3. The summed E-state index contributed by atoms with van der Waals surface area (Å²) in [6, 6.07) is 7.71. The topological polar surface area (TPSA) is 60.7 Å². The molecule has 3 aromatic rings. The summed E-state index contributed by atoms with van der Waals surface area (Å²) in [7, 11) is 0. The van der Waals surface area contributed by atoms with Crippen LogP contribution in [0.3, 0.4) is 0 Å². The average Bonchev–Trinajstić information content (AvgIpc) is 2.98. The normalized spacial score (nSPS) is 12.4. The molecular formula is C21H19F3N2O3S. The molecule has 158 valence electrons. The van der Waals surface area contributed by atoms with Crippen LogP contribution in [-0.4, -0.2) is 23.1 Å². The Morgan fingerprint density at radius 3 is 2.33 bits per heavy atom. The summed E-state index contributed by atoms with van der Waals surface area (Å²) in [6.07, 6.45) is -4.48. The molecule has 2 aromatic carbocycles. The number of benzene rings is 2. The van der Waals surface area contributed by atoms with Gasteiger partial charge >= 0.3 is 12.1 Å². The van der Waals surface area contributed by atoms with E-state index in [1.54, 1.807) is 11.5 Å². The molecule has 1 aromatic heterocycles. The molecule has 30 heavy (non-hydrogen) atoms. The van der Waals surface area contributed by atoms with E-state index in [0.29, 0.717) is 0 Å². The number of ether oxygens (including phenoxy) is 1. The number of aromatic nitrogens is 1. The predicted molar refractivity (Wildman–Crippen MR) is 107 cm³/mol. The van der Waals surface area contributed by atoms with E-state index in [-0.39, 0.29) is 23.5 Å². The fourth-order valence-corrected chi connectivity index (χ4v) is 3.96. The summed E-state index contributed by atoms with van der Waals surface area (Å²) in [5, 5.41) is 0. The lowest BCUT2D eigenvalue weighted by Gasteiger charge is -2.07. The molecule has 0 saturated heterocycles. The Balaban J connectivity index is 2.07. The fourth-order valence-electron chi connectivity index (χ4n) is 2.85. The molecule has 0 bridgehead atoms. The van der Waals surface area contributed by atoms with Crippen molar-refractivity contribution in [3.63, 3.8) is 0 Å². The molecule has 9 heteroatoms. The van der Waals surface area contributed by atoms with Crippen molar-refractivity contribution in [2.45, 2.75) is 33.5 Å². The van der Waals surface area contributed by atoms with Gasteiger partial charge in [0.25, 0.3) is 5.91 Å². The number of aryl methyl sites for hydroxylation is 2. The van der Waals surface area contributed by atoms with Gasteiger partial charge in [0.15, 0.2) is 4.80 Å². The highest BCUT2D eigenvalue weighted by atomic mass is 32.1. The first-order valence-electron chi connectivity index (χ1n) is 9.12. The van der Waals surface area contributed by atoms with Crippen LogP contribution in [0.2, 0.25) is 0 Å². The molecule has 1 amide bonds. The largest absolute Gasteiger partial charge is 0.465 e. The van der Waals surface area contributed by atoms with Crippen LogP contribution in [0.15, 0.2) is 41.4 Å². The number of esters is 1. The van der Waals surface area contributed by atoms with Crippen LogP contribution in [0.4, 0.5) is 13.2 Å². The molecular weight excluding hydrogens is 417 g/mol. The van der Waals surface area contributed by atoms with Gasteiger partial charge in [-0.1, -0.05) is 11.3 Å². The third-order valence-electron chi connectivity index (χ3n) is 4.55. The number of halogens is 3. The fraction of sp³-hybridized carbons (Fsp3) is 0.286. The molecule has 0 aliphatic carbocycles. The Bertz CT molecular complexity index is 1180. The van der Waals surface area contributed by atoms with E-state index in [4.69, 9.17) is 4.74 Å². The second-order valence-electron chi connectivity index (χ2n) is 6.67. The first kappa shape index (κ1) is 21.8. The molecule has 0 spiro atoms. The minimum atomic E-state index is -4.48. The first-order valence-corrected chi connectivity index (χ1v) is 9.94. The van der Waals surface area contributed by atoms with Crippen LogP contribution in [0, 0.1) is 13.8 Å². The minimum Gasteiger partial charge on any atom is -0.465 e. The van der Waals surface area contributed by atoms with Crippen molar-refractivity contribution in [1.82, 2.24) is 4.57 Å². The van der Waals surface area contributed by atoms with Crippen molar-refractivity contribution >= 4 is 33.4 Å². The van der Waals surface area contributed by atoms with Crippen molar-refractivity contribution in [2.75, 3.05) is 6.61 Å². The Hall–Kier alpha value is -2.94. The molecule has 0 fully saturated rings. The Morgan fingerprint density at radius 1 is 1.10 bits per heavy atom. The third kappa shape index (κ3) is 4.62. The maximum absolute atomic E-state index is 12.7. The number of carbonyl (C=O) groups excluding carboxylic acids is 2. The number of fused-ring (bicyclic) bond motifs is 1. The lowest BCUT2D eigenvalue weighted by Crippen LogP contribution is -2.23. The number of amides is 1. The maximum Gasteiger partial charge on any atom is 0.416 e. The van der Waals surface area contributed by atoms with Gasteiger partial charge < -0.3 is 9.30 Å². The standard InChI is InChI=1S/C21H19F3N2O3S/c1-4-29-18(27)11-26-16-9-12(2)13(3)10-17(16)30-20(26)25-19(28)14-5-7-15(8-6-14)21(22,23)24/h5-10H,4,11H2,1-3H3. The molecule has 0 saturated carbocycles. The lowest BCUT2D eigenvalue weighted by molar-refractivity contribution is -0.143. The highest BCUT2D eigenvalue weighted by Crippen LogP contribution is 2.29. The summed E-state index contributed by atoms with van der Waals surface area (Å²) in [5.74, 6) is -1.17. The number of carbonyl (C=O) groups is 2. The molecule has 0 aliphatic rings. The number of hydrogen-bond donors (Lipinski definition) is 0. The van der Waals surface area contributed by atoms with Crippen LogP contribution in [-0.2, 0) is 22.3 Å². The van der Waals surface area contributed by atoms with Gasteiger partial charge in [-0.2, -0.15) is 18.2 Å². The van der Waals surface area contributed by atoms with Gasteiger partial charge in [-0.3, -0.25) is 9.59 Å². The van der Waals surface area contributed by atoms with Gasteiger partial charge in [0, 0.05) is 5.56 Å². The van der Waals surface area contributed by atoms with Crippen LogP contribution in [0.5, 0.6) is 0 Å².